The van der Waals surface area contributed by atoms with Crippen molar-refractivity contribution < 1.29 is 9.53 Å². The van der Waals surface area contributed by atoms with Crippen LogP contribution in [0.5, 0.6) is 0 Å². The van der Waals surface area contributed by atoms with Gasteiger partial charge in [0.25, 0.3) is 0 Å². The summed E-state index contributed by atoms with van der Waals surface area (Å²) in [5, 5.41) is 2.95. The largest absolute Gasteiger partial charge is 0.449 e. The fourth-order valence-electron chi connectivity index (χ4n) is 2.53. The maximum Gasteiger partial charge on any atom is 0.408 e. The third kappa shape index (κ3) is 5.08. The number of aryl methyl sites for hydroxylation is 1. The van der Waals surface area contributed by atoms with Gasteiger partial charge in [-0.1, -0.05) is 58.9 Å². The number of alkyl carbamates (subject to hydrolysis) is 1. The first-order chi connectivity index (χ1) is 11.7. The highest BCUT2D eigenvalue weighted by molar-refractivity contribution is 5.68. The zero-order chi connectivity index (χ0) is 18.6. The van der Waals surface area contributed by atoms with E-state index in [0.717, 1.165) is 11.4 Å². The van der Waals surface area contributed by atoms with Gasteiger partial charge in [0.1, 0.15) is 11.9 Å². The van der Waals surface area contributed by atoms with Gasteiger partial charge in [-0.05, 0) is 22.5 Å². The summed E-state index contributed by atoms with van der Waals surface area (Å²) in [4.78, 5) is 16.6. The predicted molar refractivity (Wildman–Crippen MR) is 99.5 cm³/mol. The lowest BCUT2D eigenvalue weighted by Crippen LogP contribution is -2.32. The van der Waals surface area contributed by atoms with Crippen LogP contribution in [0.3, 0.4) is 0 Å². The van der Waals surface area contributed by atoms with Crippen LogP contribution in [-0.2, 0) is 17.2 Å². The summed E-state index contributed by atoms with van der Waals surface area (Å²) in [5.41, 5.74) is 2.31. The lowest BCUT2D eigenvalue weighted by Gasteiger charge is -2.22. The number of amides is 1. The fourth-order valence-corrected chi connectivity index (χ4v) is 2.53. The summed E-state index contributed by atoms with van der Waals surface area (Å²) < 4.78 is 7.19. The van der Waals surface area contributed by atoms with Crippen LogP contribution < -0.4 is 5.32 Å². The monoisotopic (exact) mass is 343 g/mol. The summed E-state index contributed by atoms with van der Waals surface area (Å²) in [5.74, 6) is 1.06. The molecule has 1 aromatic carbocycles. The van der Waals surface area contributed by atoms with Crippen molar-refractivity contribution in [3.63, 3.8) is 0 Å². The van der Waals surface area contributed by atoms with Crippen LogP contribution in [0.25, 0.3) is 0 Å². The molecule has 0 aliphatic rings. The Morgan fingerprint density at radius 1 is 1.24 bits per heavy atom. The molecule has 0 fully saturated rings. The van der Waals surface area contributed by atoms with E-state index in [1.165, 1.54) is 5.56 Å². The molecule has 25 heavy (non-hydrogen) atoms. The van der Waals surface area contributed by atoms with Crippen LogP contribution >= 0.6 is 0 Å². The van der Waals surface area contributed by atoms with E-state index in [2.05, 4.69) is 43.2 Å². The van der Waals surface area contributed by atoms with Crippen LogP contribution in [0, 0.1) is 5.92 Å². The second kappa shape index (κ2) is 7.72. The molecule has 136 valence electrons. The molecule has 1 unspecified atom stereocenters. The Bertz CT molecular complexity index is 696. The smallest absolute Gasteiger partial charge is 0.408 e. The number of hydrogen-bond donors (Lipinski definition) is 1. The molecule has 0 radical (unpaired) electrons. The normalized spacial score (nSPS) is 12.9. The first-order valence-corrected chi connectivity index (χ1v) is 8.69. The van der Waals surface area contributed by atoms with Gasteiger partial charge in [0.05, 0.1) is 6.61 Å². The van der Waals surface area contributed by atoms with Crippen LogP contribution in [-0.4, -0.2) is 22.3 Å². The van der Waals surface area contributed by atoms with E-state index in [9.17, 15) is 4.79 Å². The summed E-state index contributed by atoms with van der Waals surface area (Å²) in [7, 11) is 1.92. The zero-order valence-corrected chi connectivity index (χ0v) is 16.0. The molecule has 1 atom stereocenters. The Labute approximate surface area is 150 Å². The molecule has 0 aliphatic heterocycles. The molecular weight excluding hydrogens is 314 g/mol. The van der Waals surface area contributed by atoms with Crippen molar-refractivity contribution in [2.75, 3.05) is 6.61 Å². The number of nitrogens with zero attached hydrogens (tertiary/aromatic N) is 2. The van der Waals surface area contributed by atoms with Gasteiger partial charge in [-0.25, -0.2) is 9.78 Å². The Hall–Kier alpha value is -2.30. The number of ether oxygens (including phenoxy) is 1. The Balaban J connectivity index is 2.26. The Morgan fingerprint density at radius 2 is 1.88 bits per heavy atom. The van der Waals surface area contributed by atoms with Crippen LogP contribution in [0.4, 0.5) is 4.79 Å². The molecule has 2 rings (SSSR count). The van der Waals surface area contributed by atoms with Crippen molar-refractivity contribution in [3.8, 4) is 0 Å². The summed E-state index contributed by atoms with van der Waals surface area (Å²) in [6.45, 7) is 10.9. The quantitative estimate of drug-likeness (QED) is 0.885. The van der Waals surface area contributed by atoms with Gasteiger partial charge >= 0.3 is 6.09 Å². The predicted octanol–water partition coefficient (Wildman–Crippen LogP) is 4.19. The second-order valence-electron chi connectivity index (χ2n) is 7.84. The summed E-state index contributed by atoms with van der Waals surface area (Å²) in [6, 6.07) is 7.94. The number of rotatable bonds is 5. The van der Waals surface area contributed by atoms with Gasteiger partial charge in [-0.3, -0.25) is 0 Å². The van der Waals surface area contributed by atoms with E-state index in [-0.39, 0.29) is 11.5 Å². The van der Waals surface area contributed by atoms with Gasteiger partial charge < -0.3 is 14.6 Å². The average molecular weight is 343 g/mol. The highest BCUT2D eigenvalue weighted by Crippen LogP contribution is 2.26. The third-order valence-corrected chi connectivity index (χ3v) is 4.04. The van der Waals surface area contributed by atoms with E-state index in [1.54, 1.807) is 6.20 Å². The maximum absolute atomic E-state index is 12.2. The number of nitrogens with one attached hydrogen (secondary N) is 1. The average Bonchev–Trinajstić information content (AvgIpc) is 2.96. The lowest BCUT2D eigenvalue weighted by molar-refractivity contribution is 0.130. The van der Waals surface area contributed by atoms with Crippen molar-refractivity contribution in [2.45, 2.75) is 46.1 Å². The van der Waals surface area contributed by atoms with E-state index in [1.807, 2.05) is 43.8 Å². The molecule has 0 aliphatic carbocycles. The highest BCUT2D eigenvalue weighted by Gasteiger charge is 2.22. The first-order valence-electron chi connectivity index (χ1n) is 8.69. The minimum absolute atomic E-state index is 0.0842. The minimum Gasteiger partial charge on any atom is -0.449 e. The molecule has 1 amide bonds. The SMILES string of the molecule is CC(C)COC(=O)NC(c1ccc(C(C)(C)C)cc1)c1nccn1C. The summed E-state index contributed by atoms with van der Waals surface area (Å²) >= 11 is 0. The number of aromatic nitrogens is 2. The third-order valence-electron chi connectivity index (χ3n) is 4.04. The lowest BCUT2D eigenvalue weighted by atomic mass is 9.86. The van der Waals surface area contributed by atoms with Gasteiger partial charge in [0.15, 0.2) is 0 Å². The van der Waals surface area contributed by atoms with Gasteiger partial charge in [-0.15, -0.1) is 0 Å². The molecule has 1 aromatic heterocycles. The second-order valence-corrected chi connectivity index (χ2v) is 7.84. The van der Waals surface area contributed by atoms with Crippen LogP contribution in [0.1, 0.15) is 57.6 Å². The molecule has 0 saturated heterocycles. The van der Waals surface area contributed by atoms with Gasteiger partial charge in [-0.2, -0.15) is 0 Å². The topological polar surface area (TPSA) is 56.1 Å². The van der Waals surface area contributed by atoms with E-state index in [0.29, 0.717) is 12.5 Å². The molecular formula is C20H29N3O2. The van der Waals surface area contributed by atoms with Gasteiger partial charge in [0, 0.05) is 19.4 Å². The van der Waals surface area contributed by atoms with Crippen molar-refractivity contribution in [2.24, 2.45) is 13.0 Å². The number of carbonyl (C=O) groups excluding carboxylic acids is 1. The standard InChI is InChI=1S/C20H29N3O2/c1-14(2)13-25-19(24)22-17(18-21-11-12-23(18)6)15-7-9-16(10-8-15)20(3,4)5/h7-12,14,17H,13H2,1-6H3,(H,22,24). The van der Waals surface area contributed by atoms with Crippen LogP contribution in [0.2, 0.25) is 0 Å². The van der Waals surface area contributed by atoms with E-state index >= 15 is 0 Å². The van der Waals surface area contributed by atoms with Crippen molar-refractivity contribution in [3.05, 3.63) is 53.6 Å². The molecule has 0 spiro atoms. The van der Waals surface area contributed by atoms with Crippen molar-refractivity contribution in [1.82, 2.24) is 14.9 Å². The Morgan fingerprint density at radius 3 is 2.36 bits per heavy atom. The molecule has 0 bridgehead atoms. The molecule has 1 N–H and O–H groups in total. The van der Waals surface area contributed by atoms with E-state index in [4.69, 9.17) is 4.74 Å². The molecule has 5 heteroatoms. The zero-order valence-electron chi connectivity index (χ0n) is 16.0. The highest BCUT2D eigenvalue weighted by atomic mass is 16.5. The van der Waals surface area contributed by atoms with Gasteiger partial charge in [0.2, 0.25) is 0 Å². The minimum atomic E-state index is -0.429. The summed E-state index contributed by atoms with van der Waals surface area (Å²) in [6.07, 6.45) is 3.17. The number of imidazole rings is 1. The number of benzene rings is 1. The molecule has 5 nitrogen and oxygen atoms in total. The molecule has 1 heterocycles. The van der Waals surface area contributed by atoms with Crippen molar-refractivity contribution in [1.29, 1.82) is 0 Å². The van der Waals surface area contributed by atoms with E-state index < -0.39 is 6.09 Å². The fraction of sp³-hybridized carbons (Fsp3) is 0.500. The Kier molecular flexibility index (Phi) is 5.88. The number of carbonyl (C=O) groups is 1. The molecule has 2 aromatic rings. The van der Waals surface area contributed by atoms with Crippen LogP contribution in [0.15, 0.2) is 36.7 Å². The first kappa shape index (κ1) is 19.0. The number of hydrogen-bond acceptors (Lipinski definition) is 3. The maximum atomic E-state index is 12.2. The van der Waals surface area contributed by atoms with Crippen molar-refractivity contribution >= 4 is 6.09 Å². The molecule has 0 saturated carbocycles.